The van der Waals surface area contributed by atoms with E-state index >= 15 is 0 Å². The summed E-state index contributed by atoms with van der Waals surface area (Å²) < 4.78 is 27.2. The molecular weight excluding hydrogens is 256 g/mol. The number of hydrogen-bond donors (Lipinski definition) is 1. The van der Waals surface area contributed by atoms with Crippen LogP contribution in [0.3, 0.4) is 0 Å². The van der Waals surface area contributed by atoms with Crippen LogP contribution in [-0.4, -0.2) is 6.54 Å². The summed E-state index contributed by atoms with van der Waals surface area (Å²) in [4.78, 5) is 0. The Kier molecular flexibility index (Phi) is 5.53. The lowest BCUT2D eigenvalue weighted by molar-refractivity contribution is 0.344. The molecule has 0 spiro atoms. The summed E-state index contributed by atoms with van der Waals surface area (Å²) >= 11 is 0. The average molecular weight is 281 g/mol. The van der Waals surface area contributed by atoms with E-state index in [9.17, 15) is 8.78 Å². The normalized spacial score (nSPS) is 24.0. The second-order valence-electron chi connectivity index (χ2n) is 5.95. The van der Waals surface area contributed by atoms with Crippen molar-refractivity contribution in [2.45, 2.75) is 52.0 Å². The highest BCUT2D eigenvalue weighted by Crippen LogP contribution is 2.41. The number of benzene rings is 1. The molecule has 0 bridgehead atoms. The fourth-order valence-corrected chi connectivity index (χ4v) is 3.37. The maximum atomic E-state index is 14.1. The van der Waals surface area contributed by atoms with E-state index in [1.54, 1.807) is 6.07 Å². The van der Waals surface area contributed by atoms with Crippen molar-refractivity contribution in [1.29, 1.82) is 0 Å². The molecule has 0 saturated heterocycles. The lowest BCUT2D eigenvalue weighted by Gasteiger charge is -2.26. The number of halogens is 2. The second-order valence-corrected chi connectivity index (χ2v) is 5.95. The predicted octanol–water partition coefficient (Wildman–Crippen LogP) is 4.83. The summed E-state index contributed by atoms with van der Waals surface area (Å²) in [5.74, 6) is 0.304. The van der Waals surface area contributed by atoms with Gasteiger partial charge in [-0.05, 0) is 43.7 Å². The second kappa shape index (κ2) is 7.16. The van der Waals surface area contributed by atoms with Crippen LogP contribution in [0, 0.1) is 23.5 Å². The topological polar surface area (TPSA) is 12.0 Å². The first-order valence-corrected chi connectivity index (χ1v) is 7.84. The van der Waals surface area contributed by atoms with Crippen molar-refractivity contribution in [3.05, 3.63) is 35.4 Å². The molecule has 0 heterocycles. The zero-order valence-corrected chi connectivity index (χ0v) is 12.5. The third-order valence-electron chi connectivity index (χ3n) is 4.54. The lowest BCUT2D eigenvalue weighted by Crippen LogP contribution is -2.29. The molecule has 0 amide bonds. The highest BCUT2D eigenvalue weighted by molar-refractivity contribution is 5.23. The summed E-state index contributed by atoms with van der Waals surface area (Å²) in [6, 6.07) is 4.00. The third kappa shape index (κ3) is 3.57. The first-order chi connectivity index (χ1) is 9.65. The van der Waals surface area contributed by atoms with Gasteiger partial charge < -0.3 is 5.32 Å². The van der Waals surface area contributed by atoms with Crippen LogP contribution < -0.4 is 5.32 Å². The molecule has 1 aliphatic rings. The van der Waals surface area contributed by atoms with Gasteiger partial charge in [-0.2, -0.15) is 0 Å². The average Bonchev–Trinajstić information content (AvgIpc) is 2.90. The Morgan fingerprint density at radius 1 is 1.25 bits per heavy atom. The standard InChI is InChI=1S/C17H25F2N/c1-3-9-20-17(13-6-5-12(4-2)10-13)15-8-7-14(18)11-16(15)19/h7-8,11-13,17,20H,3-6,9-10H2,1-2H3. The van der Waals surface area contributed by atoms with Gasteiger partial charge in [0, 0.05) is 17.7 Å². The van der Waals surface area contributed by atoms with Crippen LogP contribution in [0.15, 0.2) is 18.2 Å². The van der Waals surface area contributed by atoms with Gasteiger partial charge in [0.1, 0.15) is 11.6 Å². The molecule has 1 nitrogen and oxygen atoms in total. The number of hydrogen-bond acceptors (Lipinski definition) is 1. The minimum Gasteiger partial charge on any atom is -0.310 e. The van der Waals surface area contributed by atoms with Crippen molar-refractivity contribution in [2.24, 2.45) is 11.8 Å². The smallest absolute Gasteiger partial charge is 0.130 e. The largest absolute Gasteiger partial charge is 0.310 e. The maximum absolute atomic E-state index is 14.1. The van der Waals surface area contributed by atoms with Gasteiger partial charge in [-0.1, -0.05) is 32.8 Å². The summed E-state index contributed by atoms with van der Waals surface area (Å²) in [6.45, 7) is 5.20. The predicted molar refractivity (Wildman–Crippen MR) is 78.5 cm³/mol. The van der Waals surface area contributed by atoms with Crippen LogP contribution in [0.5, 0.6) is 0 Å². The minimum atomic E-state index is -0.502. The Balaban J connectivity index is 2.18. The van der Waals surface area contributed by atoms with Crippen molar-refractivity contribution < 1.29 is 8.78 Å². The molecule has 3 unspecified atom stereocenters. The zero-order chi connectivity index (χ0) is 14.5. The molecular formula is C17H25F2N. The van der Waals surface area contributed by atoms with Crippen LogP contribution >= 0.6 is 0 Å². The lowest BCUT2D eigenvalue weighted by atomic mass is 9.90. The molecule has 1 aromatic carbocycles. The fourth-order valence-electron chi connectivity index (χ4n) is 3.37. The molecule has 1 aromatic rings. The van der Waals surface area contributed by atoms with Gasteiger partial charge in [-0.3, -0.25) is 0 Å². The fraction of sp³-hybridized carbons (Fsp3) is 0.647. The van der Waals surface area contributed by atoms with Gasteiger partial charge in [0.25, 0.3) is 0 Å². The van der Waals surface area contributed by atoms with Crippen LogP contribution in [0.4, 0.5) is 8.78 Å². The van der Waals surface area contributed by atoms with Crippen LogP contribution in [-0.2, 0) is 0 Å². The molecule has 20 heavy (non-hydrogen) atoms. The number of rotatable bonds is 6. The van der Waals surface area contributed by atoms with Gasteiger partial charge in [0.2, 0.25) is 0 Å². The van der Waals surface area contributed by atoms with Gasteiger partial charge in [-0.25, -0.2) is 8.78 Å². The monoisotopic (exact) mass is 281 g/mol. The summed E-state index contributed by atoms with van der Waals surface area (Å²) in [6.07, 6.45) is 5.73. The summed E-state index contributed by atoms with van der Waals surface area (Å²) in [7, 11) is 0. The molecule has 0 aliphatic heterocycles. The third-order valence-corrected chi connectivity index (χ3v) is 4.54. The molecule has 1 N–H and O–H groups in total. The molecule has 1 fully saturated rings. The molecule has 2 rings (SSSR count). The van der Waals surface area contributed by atoms with Gasteiger partial charge >= 0.3 is 0 Å². The number of nitrogens with one attached hydrogen (secondary N) is 1. The zero-order valence-electron chi connectivity index (χ0n) is 12.5. The highest BCUT2D eigenvalue weighted by atomic mass is 19.1. The van der Waals surface area contributed by atoms with Crippen molar-refractivity contribution in [3.8, 4) is 0 Å². The first-order valence-electron chi connectivity index (χ1n) is 7.84. The van der Waals surface area contributed by atoms with Crippen LogP contribution in [0.1, 0.15) is 57.6 Å². The molecule has 3 heteroatoms. The van der Waals surface area contributed by atoms with Crippen molar-refractivity contribution in [2.75, 3.05) is 6.54 Å². The van der Waals surface area contributed by atoms with E-state index < -0.39 is 11.6 Å². The molecule has 0 aromatic heterocycles. The molecule has 112 valence electrons. The van der Waals surface area contributed by atoms with Crippen LogP contribution in [0.2, 0.25) is 0 Å². The summed E-state index contributed by atoms with van der Waals surface area (Å²) in [5.41, 5.74) is 0.626. The van der Waals surface area contributed by atoms with Crippen molar-refractivity contribution in [1.82, 2.24) is 5.32 Å². The summed E-state index contributed by atoms with van der Waals surface area (Å²) in [5, 5.41) is 3.47. The van der Waals surface area contributed by atoms with E-state index in [0.29, 0.717) is 11.5 Å². The van der Waals surface area contributed by atoms with E-state index in [1.807, 2.05) is 0 Å². The van der Waals surface area contributed by atoms with E-state index in [1.165, 1.54) is 18.9 Å². The van der Waals surface area contributed by atoms with Crippen LogP contribution in [0.25, 0.3) is 0 Å². The minimum absolute atomic E-state index is 0.0205. The van der Waals surface area contributed by atoms with E-state index in [0.717, 1.165) is 37.8 Å². The van der Waals surface area contributed by atoms with Gasteiger partial charge in [-0.15, -0.1) is 0 Å². The van der Waals surface area contributed by atoms with E-state index in [-0.39, 0.29) is 6.04 Å². The molecule has 0 radical (unpaired) electrons. The van der Waals surface area contributed by atoms with E-state index in [4.69, 9.17) is 0 Å². The van der Waals surface area contributed by atoms with Crippen molar-refractivity contribution >= 4 is 0 Å². The SMILES string of the molecule is CCCNC(c1ccc(F)cc1F)C1CCC(CC)C1. The Bertz CT molecular complexity index is 433. The van der Waals surface area contributed by atoms with E-state index in [2.05, 4.69) is 19.2 Å². The molecule has 1 aliphatic carbocycles. The molecule has 3 atom stereocenters. The van der Waals surface area contributed by atoms with Crippen molar-refractivity contribution in [3.63, 3.8) is 0 Å². The first kappa shape index (κ1) is 15.4. The van der Waals surface area contributed by atoms with Gasteiger partial charge in [0.15, 0.2) is 0 Å². The Morgan fingerprint density at radius 3 is 2.65 bits per heavy atom. The maximum Gasteiger partial charge on any atom is 0.130 e. The van der Waals surface area contributed by atoms with Gasteiger partial charge in [0.05, 0.1) is 0 Å². The Labute approximate surface area is 120 Å². The Hall–Kier alpha value is -0.960. The highest BCUT2D eigenvalue weighted by Gasteiger charge is 2.31. The quantitative estimate of drug-likeness (QED) is 0.787. The molecule has 1 saturated carbocycles. The Morgan fingerprint density at radius 2 is 2.05 bits per heavy atom.